The largest absolute Gasteiger partial charge is 0.273 e. The highest BCUT2D eigenvalue weighted by atomic mass is 32.2. The first kappa shape index (κ1) is 16.0. The normalized spacial score (nSPS) is 13.2. The van der Waals surface area contributed by atoms with E-state index in [4.69, 9.17) is 0 Å². The van der Waals surface area contributed by atoms with Gasteiger partial charge < -0.3 is 0 Å². The first-order chi connectivity index (χ1) is 9.00. The van der Waals surface area contributed by atoms with E-state index in [2.05, 4.69) is 6.92 Å². The Kier molecular flexibility index (Phi) is 6.35. The standard InChI is InChI=1S/C15H25NO2S/c1-4-5-6-8-11-14(2)19(17,18)16(3)15-12-9-7-10-13-15/h7,9-10,12-14H,4-6,8,11H2,1-3H3/t14-/m0/s1. The highest BCUT2D eigenvalue weighted by molar-refractivity contribution is 7.93. The van der Waals surface area contributed by atoms with Gasteiger partial charge in [-0.25, -0.2) is 8.42 Å². The number of unbranched alkanes of at least 4 members (excludes halogenated alkanes) is 3. The van der Waals surface area contributed by atoms with Gasteiger partial charge in [-0.1, -0.05) is 50.8 Å². The van der Waals surface area contributed by atoms with Gasteiger partial charge in [0.2, 0.25) is 10.0 Å². The Bertz CT molecular complexity index is 456. The molecule has 108 valence electrons. The topological polar surface area (TPSA) is 37.4 Å². The Morgan fingerprint density at radius 1 is 1.11 bits per heavy atom. The van der Waals surface area contributed by atoms with Crippen LogP contribution < -0.4 is 4.31 Å². The molecule has 0 heterocycles. The van der Waals surface area contributed by atoms with E-state index in [1.54, 1.807) is 14.0 Å². The summed E-state index contributed by atoms with van der Waals surface area (Å²) in [6, 6.07) is 9.24. The zero-order chi connectivity index (χ0) is 14.3. The molecule has 0 saturated heterocycles. The van der Waals surface area contributed by atoms with Crippen molar-refractivity contribution in [3.8, 4) is 0 Å². The van der Waals surface area contributed by atoms with Crippen LogP contribution in [-0.4, -0.2) is 20.7 Å². The lowest BCUT2D eigenvalue weighted by atomic mass is 10.1. The maximum absolute atomic E-state index is 12.4. The number of sulfonamides is 1. The highest BCUT2D eigenvalue weighted by Gasteiger charge is 2.25. The van der Waals surface area contributed by atoms with Crippen molar-refractivity contribution >= 4 is 15.7 Å². The van der Waals surface area contributed by atoms with E-state index < -0.39 is 10.0 Å². The second-order valence-electron chi connectivity index (χ2n) is 5.01. The van der Waals surface area contributed by atoms with E-state index in [1.807, 2.05) is 30.3 Å². The van der Waals surface area contributed by atoms with E-state index >= 15 is 0 Å². The van der Waals surface area contributed by atoms with Crippen LogP contribution in [-0.2, 0) is 10.0 Å². The van der Waals surface area contributed by atoms with Crippen molar-refractivity contribution in [2.24, 2.45) is 0 Å². The van der Waals surface area contributed by atoms with Crippen molar-refractivity contribution in [1.29, 1.82) is 0 Å². The van der Waals surface area contributed by atoms with Crippen molar-refractivity contribution in [3.05, 3.63) is 30.3 Å². The molecule has 1 aromatic rings. The third-order valence-electron chi connectivity index (χ3n) is 3.47. The molecule has 0 amide bonds. The second kappa shape index (κ2) is 7.53. The molecule has 0 aliphatic heterocycles. The van der Waals surface area contributed by atoms with Crippen LogP contribution in [0.4, 0.5) is 5.69 Å². The first-order valence-corrected chi connectivity index (χ1v) is 8.53. The zero-order valence-electron chi connectivity index (χ0n) is 12.2. The molecule has 0 aliphatic rings. The summed E-state index contributed by atoms with van der Waals surface area (Å²) in [5.41, 5.74) is 0.725. The molecule has 1 atom stereocenters. The van der Waals surface area contributed by atoms with Gasteiger partial charge in [0, 0.05) is 7.05 Å². The fourth-order valence-electron chi connectivity index (χ4n) is 2.06. The molecule has 0 radical (unpaired) electrons. The van der Waals surface area contributed by atoms with Crippen molar-refractivity contribution in [2.75, 3.05) is 11.4 Å². The maximum Gasteiger partial charge on any atom is 0.237 e. The number of anilines is 1. The molecule has 0 bridgehead atoms. The van der Waals surface area contributed by atoms with Crippen molar-refractivity contribution in [1.82, 2.24) is 0 Å². The van der Waals surface area contributed by atoms with Gasteiger partial charge in [0.1, 0.15) is 0 Å². The number of para-hydroxylation sites is 1. The summed E-state index contributed by atoms with van der Waals surface area (Å²) in [6.07, 6.45) is 5.19. The van der Waals surface area contributed by atoms with Gasteiger partial charge in [-0.05, 0) is 25.5 Å². The molecule has 0 aliphatic carbocycles. The van der Waals surface area contributed by atoms with Gasteiger partial charge in [0.15, 0.2) is 0 Å². The van der Waals surface area contributed by atoms with Crippen LogP contribution in [0.15, 0.2) is 30.3 Å². The average Bonchev–Trinajstić information content (AvgIpc) is 2.43. The first-order valence-electron chi connectivity index (χ1n) is 7.03. The van der Waals surface area contributed by atoms with Crippen LogP contribution in [0.5, 0.6) is 0 Å². The predicted molar refractivity (Wildman–Crippen MR) is 82.0 cm³/mol. The molecule has 0 fully saturated rings. The molecular weight excluding hydrogens is 258 g/mol. The third kappa shape index (κ3) is 4.53. The number of hydrogen-bond donors (Lipinski definition) is 0. The minimum absolute atomic E-state index is 0.324. The highest BCUT2D eigenvalue weighted by Crippen LogP contribution is 2.21. The molecule has 1 aromatic carbocycles. The van der Waals surface area contributed by atoms with Gasteiger partial charge in [-0.2, -0.15) is 0 Å². The maximum atomic E-state index is 12.4. The number of hydrogen-bond acceptors (Lipinski definition) is 2. The summed E-state index contributed by atoms with van der Waals surface area (Å²) in [5, 5.41) is -0.324. The van der Waals surface area contributed by atoms with Crippen LogP contribution in [0.3, 0.4) is 0 Å². The Morgan fingerprint density at radius 3 is 2.32 bits per heavy atom. The molecule has 1 rings (SSSR count). The van der Waals surface area contributed by atoms with Crippen LogP contribution in [0, 0.1) is 0 Å². The summed E-state index contributed by atoms with van der Waals surface area (Å²) in [6.45, 7) is 3.96. The summed E-state index contributed by atoms with van der Waals surface area (Å²) < 4.78 is 26.2. The average molecular weight is 283 g/mol. The molecule has 4 heteroatoms. The van der Waals surface area contributed by atoms with E-state index in [0.29, 0.717) is 0 Å². The smallest absolute Gasteiger partial charge is 0.237 e. The van der Waals surface area contributed by atoms with Crippen molar-refractivity contribution in [3.63, 3.8) is 0 Å². The third-order valence-corrected chi connectivity index (χ3v) is 5.70. The lowest BCUT2D eigenvalue weighted by Gasteiger charge is -2.23. The van der Waals surface area contributed by atoms with Crippen LogP contribution >= 0.6 is 0 Å². The van der Waals surface area contributed by atoms with Gasteiger partial charge in [-0.3, -0.25) is 4.31 Å². The van der Waals surface area contributed by atoms with Crippen molar-refractivity contribution in [2.45, 2.75) is 51.2 Å². The summed E-state index contributed by atoms with van der Waals surface area (Å²) in [5.74, 6) is 0. The zero-order valence-corrected chi connectivity index (χ0v) is 13.0. The summed E-state index contributed by atoms with van der Waals surface area (Å²) >= 11 is 0. The van der Waals surface area contributed by atoms with Gasteiger partial charge in [-0.15, -0.1) is 0 Å². The Hall–Kier alpha value is -1.03. The van der Waals surface area contributed by atoms with Gasteiger partial charge in [0.25, 0.3) is 0 Å². The molecule has 19 heavy (non-hydrogen) atoms. The Labute approximate surface area is 117 Å². The fraction of sp³-hybridized carbons (Fsp3) is 0.600. The van der Waals surface area contributed by atoms with Crippen LogP contribution in [0.2, 0.25) is 0 Å². The van der Waals surface area contributed by atoms with E-state index in [-0.39, 0.29) is 5.25 Å². The number of rotatable bonds is 8. The molecule has 0 N–H and O–H groups in total. The summed E-state index contributed by atoms with van der Waals surface area (Å²) in [7, 11) is -1.61. The van der Waals surface area contributed by atoms with Gasteiger partial charge in [0.05, 0.1) is 10.9 Å². The minimum Gasteiger partial charge on any atom is -0.273 e. The van der Waals surface area contributed by atoms with Crippen LogP contribution in [0.1, 0.15) is 46.0 Å². The monoisotopic (exact) mass is 283 g/mol. The van der Waals surface area contributed by atoms with Crippen LogP contribution in [0.25, 0.3) is 0 Å². The molecule has 0 spiro atoms. The quantitative estimate of drug-likeness (QED) is 0.680. The lowest BCUT2D eigenvalue weighted by Crippen LogP contribution is -2.34. The molecule has 3 nitrogen and oxygen atoms in total. The van der Waals surface area contributed by atoms with E-state index in [0.717, 1.165) is 24.9 Å². The Morgan fingerprint density at radius 2 is 1.74 bits per heavy atom. The number of nitrogens with zero attached hydrogens (tertiary/aromatic N) is 1. The number of benzene rings is 1. The van der Waals surface area contributed by atoms with E-state index in [1.165, 1.54) is 17.1 Å². The predicted octanol–water partition coefficient (Wildman–Crippen LogP) is 3.81. The molecular formula is C15H25NO2S. The Balaban J connectivity index is 2.64. The van der Waals surface area contributed by atoms with Gasteiger partial charge >= 0.3 is 0 Å². The summed E-state index contributed by atoms with van der Waals surface area (Å²) in [4.78, 5) is 0. The fourth-order valence-corrected chi connectivity index (χ4v) is 3.48. The molecule has 0 unspecified atom stereocenters. The minimum atomic E-state index is -3.25. The van der Waals surface area contributed by atoms with Crippen molar-refractivity contribution < 1.29 is 8.42 Å². The van der Waals surface area contributed by atoms with E-state index in [9.17, 15) is 8.42 Å². The second-order valence-corrected chi connectivity index (χ2v) is 7.39. The lowest BCUT2D eigenvalue weighted by molar-refractivity contribution is 0.561. The SMILES string of the molecule is CCCCCC[C@H](C)S(=O)(=O)N(C)c1ccccc1. The molecule has 0 aromatic heterocycles. The molecule has 0 saturated carbocycles.